The summed E-state index contributed by atoms with van der Waals surface area (Å²) in [7, 11) is 1.28. The van der Waals surface area contributed by atoms with Gasteiger partial charge in [0.1, 0.15) is 18.1 Å². The maximum Gasteiger partial charge on any atom is 0.334 e. The topological polar surface area (TPSA) is 111 Å². The Kier molecular flexibility index (Phi) is 6.74. The van der Waals surface area contributed by atoms with E-state index in [-0.39, 0.29) is 18.9 Å². The normalized spacial score (nSPS) is 11.8. The fourth-order valence-electron chi connectivity index (χ4n) is 2.29. The Morgan fingerprint density at radius 3 is 2.50 bits per heavy atom. The van der Waals surface area contributed by atoms with E-state index in [2.05, 4.69) is 10.5 Å². The van der Waals surface area contributed by atoms with Gasteiger partial charge in [0, 0.05) is 7.11 Å². The first-order chi connectivity index (χ1) is 12.4. The minimum absolute atomic E-state index is 0.0801. The molecule has 0 aliphatic heterocycles. The number of methoxy groups -OCH3 is 1. The number of hydrogen-bond donors (Lipinski definition) is 2. The molecule has 1 heterocycles. The number of nitrogens with one attached hydrogen (secondary N) is 1. The van der Waals surface area contributed by atoms with E-state index in [9.17, 15) is 9.59 Å². The molecule has 0 saturated carbocycles. The number of hydrogen-bond acceptors (Lipinski definition) is 6. The SMILES string of the molecule is COC(CNC(=O)Cc1ccc(OCc2c(C)noc2C)cc1)C(=O)O. The molecule has 1 aromatic carbocycles. The molecule has 0 saturated heterocycles. The van der Waals surface area contributed by atoms with E-state index in [1.54, 1.807) is 24.3 Å². The van der Waals surface area contributed by atoms with Gasteiger partial charge in [0.2, 0.25) is 5.91 Å². The highest BCUT2D eigenvalue weighted by molar-refractivity contribution is 5.80. The lowest BCUT2D eigenvalue weighted by molar-refractivity contribution is -0.148. The Hall–Kier alpha value is -2.87. The van der Waals surface area contributed by atoms with Gasteiger partial charge in [0.15, 0.2) is 6.10 Å². The summed E-state index contributed by atoms with van der Waals surface area (Å²) in [6.45, 7) is 3.96. The number of amides is 1. The Bertz CT molecular complexity index is 734. The van der Waals surface area contributed by atoms with E-state index in [1.807, 2.05) is 13.8 Å². The minimum Gasteiger partial charge on any atom is -0.489 e. The van der Waals surface area contributed by atoms with Crippen molar-refractivity contribution in [2.24, 2.45) is 0 Å². The van der Waals surface area contributed by atoms with E-state index in [0.29, 0.717) is 12.4 Å². The van der Waals surface area contributed by atoms with Crippen LogP contribution in [0.5, 0.6) is 5.75 Å². The Labute approximate surface area is 151 Å². The van der Waals surface area contributed by atoms with Gasteiger partial charge >= 0.3 is 5.97 Å². The van der Waals surface area contributed by atoms with Crippen molar-refractivity contribution in [3.63, 3.8) is 0 Å². The monoisotopic (exact) mass is 362 g/mol. The van der Waals surface area contributed by atoms with Crippen LogP contribution in [0.25, 0.3) is 0 Å². The van der Waals surface area contributed by atoms with Crippen LogP contribution in [0.4, 0.5) is 0 Å². The zero-order valence-electron chi connectivity index (χ0n) is 14.9. The highest BCUT2D eigenvalue weighted by atomic mass is 16.5. The van der Waals surface area contributed by atoms with Crippen LogP contribution in [-0.2, 0) is 27.4 Å². The molecule has 1 aromatic heterocycles. The fourth-order valence-corrected chi connectivity index (χ4v) is 2.29. The van der Waals surface area contributed by atoms with E-state index in [4.69, 9.17) is 19.1 Å². The molecule has 2 rings (SSSR count). The summed E-state index contributed by atoms with van der Waals surface area (Å²) < 4.78 is 15.6. The van der Waals surface area contributed by atoms with Crippen LogP contribution in [0.2, 0.25) is 0 Å². The molecular weight excluding hydrogens is 340 g/mol. The molecule has 0 bridgehead atoms. The molecule has 0 fully saturated rings. The van der Waals surface area contributed by atoms with Gasteiger partial charge in [-0.3, -0.25) is 4.79 Å². The third-order valence-electron chi connectivity index (χ3n) is 3.90. The predicted octanol–water partition coefficient (Wildman–Crippen LogP) is 1.63. The standard InChI is InChI=1S/C18H22N2O6/c1-11-15(12(2)26-20-11)10-25-14-6-4-13(5-7-14)8-17(21)19-9-16(24-3)18(22)23/h4-7,16H,8-10H2,1-3H3,(H,19,21)(H,22,23). The van der Waals surface area contributed by atoms with Crippen molar-refractivity contribution in [3.8, 4) is 5.75 Å². The van der Waals surface area contributed by atoms with Crippen LogP contribution >= 0.6 is 0 Å². The van der Waals surface area contributed by atoms with Crippen molar-refractivity contribution in [2.75, 3.05) is 13.7 Å². The van der Waals surface area contributed by atoms with Crippen molar-refractivity contribution < 1.29 is 28.7 Å². The molecule has 26 heavy (non-hydrogen) atoms. The number of rotatable bonds is 9. The molecule has 2 aromatic rings. The molecule has 0 aliphatic carbocycles. The van der Waals surface area contributed by atoms with Crippen LogP contribution in [0.3, 0.4) is 0 Å². The minimum atomic E-state index is -1.12. The average Bonchev–Trinajstić information content (AvgIpc) is 2.93. The summed E-state index contributed by atoms with van der Waals surface area (Å²) in [5.41, 5.74) is 2.50. The number of carbonyl (C=O) groups excluding carboxylic acids is 1. The number of benzene rings is 1. The Morgan fingerprint density at radius 1 is 1.27 bits per heavy atom. The first-order valence-corrected chi connectivity index (χ1v) is 8.06. The molecule has 140 valence electrons. The average molecular weight is 362 g/mol. The van der Waals surface area contributed by atoms with E-state index in [1.165, 1.54) is 7.11 Å². The Balaban J connectivity index is 1.83. The van der Waals surface area contributed by atoms with E-state index in [0.717, 1.165) is 22.6 Å². The second kappa shape index (κ2) is 9.00. The number of carboxylic acids is 1. The Morgan fingerprint density at radius 2 is 1.96 bits per heavy atom. The first-order valence-electron chi connectivity index (χ1n) is 8.06. The zero-order chi connectivity index (χ0) is 19.1. The van der Waals surface area contributed by atoms with E-state index < -0.39 is 12.1 Å². The molecule has 1 unspecified atom stereocenters. The maximum absolute atomic E-state index is 11.9. The second-order valence-electron chi connectivity index (χ2n) is 5.78. The summed E-state index contributed by atoms with van der Waals surface area (Å²) in [4.78, 5) is 22.7. The number of aromatic nitrogens is 1. The van der Waals surface area contributed by atoms with Crippen molar-refractivity contribution in [1.29, 1.82) is 0 Å². The number of aryl methyl sites for hydroxylation is 2. The third-order valence-corrected chi connectivity index (χ3v) is 3.90. The molecule has 0 aliphatic rings. The molecule has 0 spiro atoms. The van der Waals surface area contributed by atoms with Crippen LogP contribution in [0, 0.1) is 13.8 Å². The second-order valence-corrected chi connectivity index (χ2v) is 5.78. The largest absolute Gasteiger partial charge is 0.489 e. The van der Waals surface area contributed by atoms with Crippen LogP contribution in [0.15, 0.2) is 28.8 Å². The van der Waals surface area contributed by atoms with Gasteiger partial charge in [-0.2, -0.15) is 0 Å². The molecular formula is C18H22N2O6. The molecule has 1 amide bonds. The smallest absolute Gasteiger partial charge is 0.334 e. The van der Waals surface area contributed by atoms with Crippen molar-refractivity contribution in [1.82, 2.24) is 10.5 Å². The van der Waals surface area contributed by atoms with Crippen molar-refractivity contribution in [3.05, 3.63) is 46.8 Å². The van der Waals surface area contributed by atoms with Gasteiger partial charge in [-0.15, -0.1) is 0 Å². The van der Waals surface area contributed by atoms with Gasteiger partial charge < -0.3 is 24.4 Å². The fraction of sp³-hybridized carbons (Fsp3) is 0.389. The lowest BCUT2D eigenvalue weighted by Crippen LogP contribution is -2.38. The molecule has 0 radical (unpaired) electrons. The van der Waals surface area contributed by atoms with Gasteiger partial charge in [0.25, 0.3) is 0 Å². The predicted molar refractivity (Wildman–Crippen MR) is 91.9 cm³/mol. The molecule has 1 atom stereocenters. The summed E-state index contributed by atoms with van der Waals surface area (Å²) in [6.07, 6.45) is -0.917. The summed E-state index contributed by atoms with van der Waals surface area (Å²) >= 11 is 0. The van der Waals surface area contributed by atoms with Crippen molar-refractivity contribution in [2.45, 2.75) is 33.0 Å². The summed E-state index contributed by atoms with van der Waals surface area (Å²) in [6, 6.07) is 7.12. The quantitative estimate of drug-likeness (QED) is 0.697. The van der Waals surface area contributed by atoms with Crippen LogP contribution < -0.4 is 10.1 Å². The summed E-state index contributed by atoms with van der Waals surface area (Å²) in [5, 5.41) is 15.3. The van der Waals surface area contributed by atoms with Crippen molar-refractivity contribution >= 4 is 11.9 Å². The number of ether oxygens (including phenoxy) is 2. The number of aliphatic carboxylic acids is 1. The highest BCUT2D eigenvalue weighted by Crippen LogP contribution is 2.18. The van der Waals surface area contributed by atoms with Crippen LogP contribution in [-0.4, -0.2) is 41.9 Å². The van der Waals surface area contributed by atoms with Gasteiger partial charge in [-0.05, 0) is 31.5 Å². The maximum atomic E-state index is 11.9. The summed E-state index contributed by atoms with van der Waals surface area (Å²) in [5.74, 6) is -0.00344. The number of carbonyl (C=O) groups is 2. The number of carboxylic acid groups (broad SMARTS) is 1. The highest BCUT2D eigenvalue weighted by Gasteiger charge is 2.17. The lowest BCUT2D eigenvalue weighted by Gasteiger charge is -2.11. The molecule has 2 N–H and O–H groups in total. The lowest BCUT2D eigenvalue weighted by atomic mass is 10.1. The van der Waals surface area contributed by atoms with Crippen LogP contribution in [0.1, 0.15) is 22.6 Å². The molecule has 8 heteroatoms. The first kappa shape index (κ1) is 19.5. The van der Waals surface area contributed by atoms with E-state index >= 15 is 0 Å². The molecule has 8 nitrogen and oxygen atoms in total. The zero-order valence-corrected chi connectivity index (χ0v) is 14.9. The third kappa shape index (κ3) is 5.32. The number of nitrogens with zero attached hydrogens (tertiary/aromatic N) is 1. The van der Waals surface area contributed by atoms with Gasteiger partial charge in [-0.1, -0.05) is 17.3 Å². The van der Waals surface area contributed by atoms with Gasteiger partial charge in [-0.25, -0.2) is 4.79 Å². The van der Waals surface area contributed by atoms with Gasteiger partial charge in [0.05, 0.1) is 24.2 Å².